The predicted octanol–water partition coefficient (Wildman–Crippen LogP) is 11.1. The number of nitrogens with zero attached hydrogens (tertiary/aromatic N) is 1. The van der Waals surface area contributed by atoms with Crippen molar-refractivity contribution in [3.63, 3.8) is 0 Å². The van der Waals surface area contributed by atoms with Crippen molar-refractivity contribution < 1.29 is 168 Å². The summed E-state index contributed by atoms with van der Waals surface area (Å²) in [4.78, 5) is 0. The van der Waals surface area contributed by atoms with Crippen molar-refractivity contribution in [3.8, 4) is 0 Å². The second-order valence-corrected chi connectivity index (χ2v) is 10.7. The van der Waals surface area contributed by atoms with E-state index in [1.165, 1.54) is 0 Å². The van der Waals surface area contributed by atoms with Gasteiger partial charge in [0.1, 0.15) is 0 Å². The quantitative estimate of drug-likeness (QED) is 0.0502. The van der Waals surface area contributed by atoms with Crippen LogP contribution in [0, 0.1) is 0 Å². The molecule has 0 aromatic carbocycles. The van der Waals surface area contributed by atoms with Crippen molar-refractivity contribution in [1.82, 2.24) is 0 Å². The van der Waals surface area contributed by atoms with E-state index in [1.54, 1.807) is 0 Å². The maximum Gasteiger partial charge on any atom is 0.460 e. The molecule has 0 heterocycles. The van der Waals surface area contributed by atoms with E-state index in [0.29, 0.717) is 5.16 Å². The van der Waals surface area contributed by atoms with Crippen LogP contribution in [0.3, 0.4) is 0 Å². The van der Waals surface area contributed by atoms with Crippen LogP contribution < -0.4 is 5.73 Å². The molecule has 0 aliphatic carbocycles. The Kier molecular flexibility index (Phi) is 12.6. The molecule has 0 spiro atoms. The van der Waals surface area contributed by atoms with E-state index >= 15 is 0 Å². The SMILES string of the molecule is NC(=NO)C(F)(F)C(F)(F)C(F)(F)C(F)(F)C(F)(F)C(F)(F)C(F)(F)C(F)(F)C(F)(F)C(F)(F)C(F)(F)C(F)(F)C(F)(F)C(F)(F)C(F)(F)C(F)(F)C(F)(F)C(F)(F)F. The first-order valence-electron chi connectivity index (χ1n) is 12.2. The van der Waals surface area contributed by atoms with E-state index in [4.69, 9.17) is 5.21 Å². The van der Waals surface area contributed by atoms with Crippen LogP contribution in [0.25, 0.3) is 0 Å². The summed E-state index contributed by atoms with van der Waals surface area (Å²) in [7, 11) is 0. The Hall–Kier alpha value is -3.32. The van der Waals surface area contributed by atoms with Crippen LogP contribution >= 0.6 is 0 Å². The van der Waals surface area contributed by atoms with E-state index in [2.05, 4.69) is 5.73 Å². The van der Waals surface area contributed by atoms with Crippen LogP contribution in [0.1, 0.15) is 0 Å². The van der Waals surface area contributed by atoms with Gasteiger partial charge in [-0.1, -0.05) is 5.16 Å². The molecule has 59 heavy (non-hydrogen) atoms. The summed E-state index contributed by atoms with van der Waals surface area (Å²) < 4.78 is 500. The Labute approximate surface area is 292 Å². The topological polar surface area (TPSA) is 58.6 Å². The Balaban J connectivity index is 7.92. The third kappa shape index (κ3) is 6.10. The van der Waals surface area contributed by atoms with Gasteiger partial charge in [-0.05, 0) is 0 Å². The zero-order valence-corrected chi connectivity index (χ0v) is 25.0. The smallest absolute Gasteiger partial charge is 0.409 e. The normalized spacial score (nSPS) is 17.5. The minimum absolute atomic E-state index is 0.693. The molecule has 40 heteroatoms. The largest absolute Gasteiger partial charge is 0.460 e. The molecule has 0 bridgehead atoms. The van der Waals surface area contributed by atoms with Gasteiger partial charge in [-0.2, -0.15) is 162 Å². The van der Waals surface area contributed by atoms with Gasteiger partial charge in [-0.15, -0.1) is 0 Å². The predicted molar refractivity (Wildman–Crippen MR) is 104 cm³/mol. The molecule has 3 nitrogen and oxygen atoms in total. The lowest BCUT2D eigenvalue weighted by molar-refractivity contribution is -0.493. The molecule has 0 saturated heterocycles. The number of nitrogens with two attached hydrogens (primary N) is 1. The van der Waals surface area contributed by atoms with Crippen LogP contribution in [-0.4, -0.2) is 118 Å². The molecule has 354 valence electrons. The maximum absolute atomic E-state index is 13.9. The summed E-state index contributed by atoms with van der Waals surface area (Å²) in [5.74, 6) is -171. The summed E-state index contributed by atoms with van der Waals surface area (Å²) in [5, 5.41) is 8.47. The maximum atomic E-state index is 13.9. The number of hydrogen-bond donors (Lipinski definition) is 2. The van der Waals surface area contributed by atoms with Gasteiger partial charge in [0.2, 0.25) is 5.84 Å². The fourth-order valence-corrected chi connectivity index (χ4v) is 3.36. The minimum Gasteiger partial charge on any atom is -0.409 e. The molecule has 0 atom stereocenters. The van der Waals surface area contributed by atoms with Crippen LogP contribution in [0.5, 0.6) is 0 Å². The van der Waals surface area contributed by atoms with Gasteiger partial charge >= 0.3 is 107 Å². The van der Waals surface area contributed by atoms with Crippen molar-refractivity contribution in [2.45, 2.75) is 107 Å². The molecular formula is C19H3F37N2O. The first-order chi connectivity index (χ1) is 24.7. The Morgan fingerprint density at radius 2 is 0.356 bits per heavy atom. The number of oxime groups is 1. The number of hydrogen-bond acceptors (Lipinski definition) is 2. The first kappa shape index (κ1) is 55.7. The van der Waals surface area contributed by atoms with Crippen LogP contribution in [-0.2, 0) is 0 Å². The number of alkyl halides is 37. The van der Waals surface area contributed by atoms with Gasteiger partial charge in [0, 0.05) is 0 Å². The standard InChI is InChI=1S/C19H3F37N2O/c20-2(21,1(57)58-59)3(22,23)4(24,25)5(26,27)6(28,29)7(30,31)8(32,33)9(34,35)10(36,37)11(38,39)12(40,41)13(42,43)14(44,45)15(46,47)16(48,49)17(50,51)18(52,53)19(54,55)56/h59H,(H2,57,58). The van der Waals surface area contributed by atoms with E-state index in [9.17, 15) is 162 Å². The highest BCUT2D eigenvalue weighted by Gasteiger charge is 3.02. The van der Waals surface area contributed by atoms with Crippen LogP contribution in [0.4, 0.5) is 162 Å². The highest BCUT2D eigenvalue weighted by molar-refractivity contribution is 5.88. The zero-order chi connectivity index (χ0) is 49.3. The van der Waals surface area contributed by atoms with E-state index in [-0.39, 0.29) is 0 Å². The monoisotopic (exact) mass is 978 g/mol. The summed E-state index contributed by atoms with van der Waals surface area (Å²) in [6.45, 7) is 0. The average molecular weight is 978 g/mol. The highest BCUT2D eigenvalue weighted by atomic mass is 19.4. The molecule has 0 radical (unpaired) electrons. The second kappa shape index (κ2) is 13.3. The molecule has 0 aromatic heterocycles. The molecule has 0 aromatic rings. The van der Waals surface area contributed by atoms with Crippen LogP contribution in [0.2, 0.25) is 0 Å². The van der Waals surface area contributed by atoms with Gasteiger partial charge < -0.3 is 10.9 Å². The third-order valence-electron chi connectivity index (χ3n) is 7.09. The van der Waals surface area contributed by atoms with E-state index in [1.807, 2.05) is 0 Å². The van der Waals surface area contributed by atoms with Crippen molar-refractivity contribution >= 4 is 5.84 Å². The molecular weight excluding hydrogens is 975 g/mol. The van der Waals surface area contributed by atoms with Gasteiger partial charge in [0.05, 0.1) is 0 Å². The zero-order valence-electron chi connectivity index (χ0n) is 25.0. The van der Waals surface area contributed by atoms with Gasteiger partial charge in [-0.3, -0.25) is 0 Å². The van der Waals surface area contributed by atoms with Gasteiger partial charge in [-0.25, -0.2) is 0 Å². The number of amidine groups is 1. The lowest BCUT2D eigenvalue weighted by Crippen LogP contribution is -2.80. The summed E-state index contributed by atoms with van der Waals surface area (Å²) >= 11 is 0. The van der Waals surface area contributed by atoms with E-state index < -0.39 is 113 Å². The van der Waals surface area contributed by atoms with Gasteiger partial charge in [0.25, 0.3) is 0 Å². The molecule has 0 unspecified atom stereocenters. The van der Waals surface area contributed by atoms with Crippen LogP contribution in [0.15, 0.2) is 5.16 Å². The fraction of sp³-hybridized carbons (Fsp3) is 0.947. The van der Waals surface area contributed by atoms with Crippen molar-refractivity contribution in [2.24, 2.45) is 10.9 Å². The highest BCUT2D eigenvalue weighted by Crippen LogP contribution is 2.70. The number of rotatable bonds is 17. The lowest BCUT2D eigenvalue weighted by atomic mass is 9.82. The van der Waals surface area contributed by atoms with Crippen molar-refractivity contribution in [3.05, 3.63) is 0 Å². The Morgan fingerprint density at radius 1 is 0.237 bits per heavy atom. The average Bonchev–Trinajstić information content (AvgIpc) is 3.01. The molecule has 0 rings (SSSR count). The molecule has 0 saturated carbocycles. The summed E-state index contributed by atoms with van der Waals surface area (Å²) in [6.07, 6.45) is -8.48. The Morgan fingerprint density at radius 3 is 0.475 bits per heavy atom. The molecule has 0 amide bonds. The lowest BCUT2D eigenvalue weighted by Gasteiger charge is -2.47. The fourth-order valence-electron chi connectivity index (χ4n) is 3.36. The molecule has 0 fully saturated rings. The van der Waals surface area contributed by atoms with Crippen molar-refractivity contribution in [1.29, 1.82) is 0 Å². The minimum atomic E-state index is -10.5. The first-order valence-corrected chi connectivity index (χ1v) is 12.2. The summed E-state index contributed by atoms with van der Waals surface area (Å²) in [6, 6.07) is 0. The van der Waals surface area contributed by atoms with E-state index in [0.717, 1.165) is 0 Å². The molecule has 0 aliphatic heterocycles. The Bertz CT molecular complexity index is 1580. The van der Waals surface area contributed by atoms with Gasteiger partial charge in [0.15, 0.2) is 0 Å². The molecule has 3 N–H and O–H groups in total. The number of halogens is 37. The third-order valence-corrected chi connectivity index (χ3v) is 7.09. The second-order valence-electron chi connectivity index (χ2n) is 10.7. The molecule has 0 aliphatic rings. The van der Waals surface area contributed by atoms with Crippen molar-refractivity contribution in [2.75, 3.05) is 0 Å². The summed E-state index contributed by atoms with van der Waals surface area (Å²) in [5.41, 5.74) is 3.61.